The van der Waals surface area contributed by atoms with Gasteiger partial charge in [-0.3, -0.25) is 5.32 Å². The summed E-state index contributed by atoms with van der Waals surface area (Å²) in [6.07, 6.45) is 2.24. The van der Waals surface area contributed by atoms with Crippen LogP contribution in [0.15, 0.2) is 6.20 Å². The van der Waals surface area contributed by atoms with Crippen molar-refractivity contribution in [2.75, 3.05) is 25.0 Å². The molecular formula is C10H16N6O2S. The Hall–Kier alpha value is -1.90. The zero-order valence-corrected chi connectivity index (χ0v) is 11.4. The SMILES string of the molecule is CCNC(=O)N1CCC(NC(=O)Nc2cnns2)C1. The summed E-state index contributed by atoms with van der Waals surface area (Å²) < 4.78 is 3.65. The van der Waals surface area contributed by atoms with Gasteiger partial charge in [-0.25, -0.2) is 9.59 Å². The number of urea groups is 2. The molecule has 2 heterocycles. The second-order valence-corrected chi connectivity index (χ2v) is 4.93. The van der Waals surface area contributed by atoms with Crippen LogP contribution < -0.4 is 16.0 Å². The van der Waals surface area contributed by atoms with Crippen molar-refractivity contribution in [3.05, 3.63) is 6.20 Å². The van der Waals surface area contributed by atoms with Crippen molar-refractivity contribution in [1.82, 2.24) is 25.1 Å². The number of likely N-dealkylation sites (tertiary alicyclic amines) is 1. The molecule has 1 aromatic heterocycles. The molecule has 1 aromatic rings. The van der Waals surface area contributed by atoms with Gasteiger partial charge in [-0.05, 0) is 13.3 Å². The monoisotopic (exact) mass is 284 g/mol. The standard InChI is InChI=1S/C10H16N6O2S/c1-2-11-10(18)16-4-3-7(6-16)13-9(17)14-8-5-12-15-19-8/h5,7H,2-4,6H2,1H3,(H,11,18)(H2,13,14,17). The van der Waals surface area contributed by atoms with Crippen molar-refractivity contribution in [3.63, 3.8) is 0 Å². The summed E-state index contributed by atoms with van der Waals surface area (Å²) in [6.45, 7) is 3.66. The van der Waals surface area contributed by atoms with Gasteiger partial charge in [-0.15, -0.1) is 5.10 Å². The van der Waals surface area contributed by atoms with Crippen LogP contribution >= 0.6 is 11.5 Å². The number of aromatic nitrogens is 2. The molecule has 3 N–H and O–H groups in total. The van der Waals surface area contributed by atoms with Crippen molar-refractivity contribution < 1.29 is 9.59 Å². The van der Waals surface area contributed by atoms with Gasteiger partial charge in [0.2, 0.25) is 0 Å². The van der Waals surface area contributed by atoms with Crippen LogP contribution in [0.5, 0.6) is 0 Å². The summed E-state index contributed by atoms with van der Waals surface area (Å²) in [5.41, 5.74) is 0. The van der Waals surface area contributed by atoms with Crippen LogP contribution in [0.1, 0.15) is 13.3 Å². The van der Waals surface area contributed by atoms with E-state index in [1.165, 1.54) is 6.20 Å². The van der Waals surface area contributed by atoms with Gasteiger partial charge in [0.25, 0.3) is 0 Å². The lowest BCUT2D eigenvalue weighted by Gasteiger charge is -2.17. The molecule has 1 aliphatic rings. The molecule has 4 amide bonds. The number of carbonyl (C=O) groups is 2. The van der Waals surface area contributed by atoms with E-state index in [0.29, 0.717) is 24.6 Å². The first kappa shape index (κ1) is 13.5. The van der Waals surface area contributed by atoms with E-state index in [2.05, 4.69) is 25.5 Å². The molecule has 0 bridgehead atoms. The first-order valence-corrected chi connectivity index (χ1v) is 6.84. The predicted octanol–water partition coefficient (Wildman–Crippen LogP) is 0.463. The van der Waals surface area contributed by atoms with Gasteiger partial charge < -0.3 is 15.5 Å². The quantitative estimate of drug-likeness (QED) is 0.751. The Morgan fingerprint density at radius 3 is 3.11 bits per heavy atom. The number of anilines is 1. The Labute approximate surface area is 114 Å². The maximum absolute atomic E-state index is 11.7. The fraction of sp³-hybridized carbons (Fsp3) is 0.600. The molecule has 9 heteroatoms. The zero-order valence-electron chi connectivity index (χ0n) is 10.5. The van der Waals surface area contributed by atoms with Gasteiger partial charge >= 0.3 is 12.1 Å². The lowest BCUT2D eigenvalue weighted by molar-refractivity contribution is 0.208. The third-order valence-corrected chi connectivity index (χ3v) is 3.32. The van der Waals surface area contributed by atoms with E-state index in [4.69, 9.17) is 0 Å². The number of amides is 4. The van der Waals surface area contributed by atoms with Crippen molar-refractivity contribution in [3.8, 4) is 0 Å². The average molecular weight is 284 g/mol. The van der Waals surface area contributed by atoms with Crippen molar-refractivity contribution in [2.24, 2.45) is 0 Å². The average Bonchev–Trinajstić information content (AvgIpc) is 3.00. The topological polar surface area (TPSA) is 99.2 Å². The summed E-state index contributed by atoms with van der Waals surface area (Å²) in [5, 5.41) is 12.4. The molecule has 19 heavy (non-hydrogen) atoms. The van der Waals surface area contributed by atoms with E-state index < -0.39 is 0 Å². The van der Waals surface area contributed by atoms with E-state index in [-0.39, 0.29) is 18.1 Å². The van der Waals surface area contributed by atoms with Crippen LogP contribution in [0.2, 0.25) is 0 Å². The molecule has 1 atom stereocenters. The lowest BCUT2D eigenvalue weighted by atomic mass is 10.3. The maximum Gasteiger partial charge on any atom is 0.320 e. The highest BCUT2D eigenvalue weighted by atomic mass is 32.1. The number of nitrogens with zero attached hydrogens (tertiary/aromatic N) is 3. The smallest absolute Gasteiger partial charge is 0.320 e. The third-order valence-electron chi connectivity index (χ3n) is 2.74. The predicted molar refractivity (Wildman–Crippen MR) is 71.1 cm³/mol. The molecule has 2 rings (SSSR count). The fourth-order valence-corrected chi connectivity index (χ4v) is 2.30. The van der Waals surface area contributed by atoms with Crippen LogP contribution in [-0.4, -0.2) is 52.2 Å². The molecule has 0 saturated carbocycles. The minimum absolute atomic E-state index is 0.0245. The molecular weight excluding hydrogens is 268 g/mol. The lowest BCUT2D eigenvalue weighted by Crippen LogP contribution is -2.43. The number of hydrogen-bond donors (Lipinski definition) is 3. The number of rotatable bonds is 3. The molecule has 0 aromatic carbocycles. The van der Waals surface area contributed by atoms with Gasteiger partial charge in [-0.2, -0.15) is 0 Å². The number of hydrogen-bond acceptors (Lipinski definition) is 5. The number of nitrogens with one attached hydrogen (secondary N) is 3. The van der Waals surface area contributed by atoms with E-state index in [1.807, 2.05) is 6.92 Å². The number of carbonyl (C=O) groups excluding carboxylic acids is 2. The van der Waals surface area contributed by atoms with Crippen LogP contribution in [0.25, 0.3) is 0 Å². The highest BCUT2D eigenvalue weighted by Crippen LogP contribution is 2.11. The van der Waals surface area contributed by atoms with Crippen molar-refractivity contribution in [1.29, 1.82) is 0 Å². The minimum atomic E-state index is -0.297. The molecule has 104 valence electrons. The van der Waals surface area contributed by atoms with E-state index in [9.17, 15) is 9.59 Å². The first-order chi connectivity index (χ1) is 9.19. The Morgan fingerprint density at radius 2 is 2.42 bits per heavy atom. The molecule has 0 radical (unpaired) electrons. The largest absolute Gasteiger partial charge is 0.338 e. The van der Waals surface area contributed by atoms with E-state index in [0.717, 1.165) is 18.0 Å². The van der Waals surface area contributed by atoms with Gasteiger partial charge in [0.15, 0.2) is 0 Å². The van der Waals surface area contributed by atoms with E-state index in [1.54, 1.807) is 4.90 Å². The normalized spacial score (nSPS) is 18.2. The minimum Gasteiger partial charge on any atom is -0.338 e. The van der Waals surface area contributed by atoms with Crippen LogP contribution in [0, 0.1) is 0 Å². The summed E-state index contributed by atoms with van der Waals surface area (Å²) in [4.78, 5) is 25.0. The summed E-state index contributed by atoms with van der Waals surface area (Å²) in [7, 11) is 0. The van der Waals surface area contributed by atoms with Crippen molar-refractivity contribution in [2.45, 2.75) is 19.4 Å². The van der Waals surface area contributed by atoms with Crippen LogP contribution in [-0.2, 0) is 0 Å². The van der Waals surface area contributed by atoms with Crippen LogP contribution in [0.4, 0.5) is 14.6 Å². The second kappa shape index (κ2) is 6.32. The second-order valence-electron chi connectivity index (χ2n) is 4.15. The molecule has 1 saturated heterocycles. The Kier molecular flexibility index (Phi) is 4.50. The summed E-state index contributed by atoms with van der Waals surface area (Å²) in [6, 6.07) is -0.406. The van der Waals surface area contributed by atoms with Crippen LogP contribution in [0.3, 0.4) is 0 Å². The van der Waals surface area contributed by atoms with Gasteiger partial charge in [0.05, 0.1) is 6.20 Å². The Morgan fingerprint density at radius 1 is 1.58 bits per heavy atom. The van der Waals surface area contributed by atoms with Gasteiger partial charge in [0.1, 0.15) is 5.00 Å². The fourth-order valence-electron chi connectivity index (χ4n) is 1.88. The molecule has 0 spiro atoms. The van der Waals surface area contributed by atoms with E-state index >= 15 is 0 Å². The Balaban J connectivity index is 1.75. The molecule has 1 unspecified atom stereocenters. The van der Waals surface area contributed by atoms with Gasteiger partial charge in [-0.1, -0.05) is 4.49 Å². The highest BCUT2D eigenvalue weighted by Gasteiger charge is 2.26. The zero-order chi connectivity index (χ0) is 13.7. The maximum atomic E-state index is 11.7. The summed E-state index contributed by atoms with van der Waals surface area (Å²) in [5.74, 6) is 0. The van der Waals surface area contributed by atoms with Gasteiger partial charge in [0, 0.05) is 37.2 Å². The molecule has 1 fully saturated rings. The highest BCUT2D eigenvalue weighted by molar-refractivity contribution is 7.10. The summed E-state index contributed by atoms with van der Waals surface area (Å²) >= 11 is 1.11. The van der Waals surface area contributed by atoms with Crippen molar-refractivity contribution >= 4 is 28.6 Å². The molecule has 0 aliphatic carbocycles. The Bertz CT molecular complexity index is 437. The first-order valence-electron chi connectivity index (χ1n) is 6.06. The molecule has 8 nitrogen and oxygen atoms in total. The molecule has 1 aliphatic heterocycles. The third kappa shape index (κ3) is 3.78.